The number of hydrogen-bond donors (Lipinski definition) is 2. The molecule has 2 aliphatic rings. The Morgan fingerprint density at radius 1 is 1.43 bits per heavy atom. The quantitative estimate of drug-likeness (QED) is 0.456. The van der Waals surface area contributed by atoms with Crippen LogP contribution in [0.3, 0.4) is 0 Å². The molecule has 1 aromatic rings. The standard InChI is InChI=1S/C11H12Cl2N4O4S2/c12-8-3-7(9(13)22-8)23(20,21)15-10(14)6-2-1-5-4-16(6)11(18)17(5)19/h3,5-6,19H,1-2,4H2,(H2,14,15). The third-order valence-corrected chi connectivity index (χ3v) is 6.87. The number of sulfonamides is 1. The van der Waals surface area contributed by atoms with Crippen LogP contribution < -0.4 is 5.73 Å². The molecular weight excluding hydrogens is 387 g/mol. The highest BCUT2D eigenvalue weighted by molar-refractivity contribution is 7.90. The van der Waals surface area contributed by atoms with E-state index in [2.05, 4.69) is 4.40 Å². The van der Waals surface area contributed by atoms with E-state index in [1.54, 1.807) is 0 Å². The van der Waals surface area contributed by atoms with Gasteiger partial charge >= 0.3 is 6.03 Å². The van der Waals surface area contributed by atoms with Crippen LogP contribution in [0.2, 0.25) is 8.67 Å². The molecule has 3 N–H and O–H groups in total. The number of halogens is 2. The molecule has 3 heterocycles. The van der Waals surface area contributed by atoms with Crippen molar-refractivity contribution < 1.29 is 18.4 Å². The van der Waals surface area contributed by atoms with Crippen molar-refractivity contribution in [1.29, 1.82) is 0 Å². The summed E-state index contributed by atoms with van der Waals surface area (Å²) in [4.78, 5) is 13.0. The fourth-order valence-electron chi connectivity index (χ4n) is 2.71. The number of hydrogen-bond acceptors (Lipinski definition) is 5. The first-order chi connectivity index (χ1) is 10.7. The predicted molar refractivity (Wildman–Crippen MR) is 85.7 cm³/mol. The topological polar surface area (TPSA) is 116 Å². The number of nitrogens with zero attached hydrogens (tertiary/aromatic N) is 3. The van der Waals surface area contributed by atoms with Gasteiger partial charge in [-0.15, -0.1) is 15.7 Å². The fourth-order valence-corrected chi connectivity index (χ4v) is 5.82. The second-order valence-electron chi connectivity index (χ2n) is 5.21. The highest BCUT2D eigenvalue weighted by Gasteiger charge is 2.45. The molecule has 0 aliphatic carbocycles. The molecule has 2 atom stereocenters. The minimum atomic E-state index is -4.12. The maximum Gasteiger partial charge on any atom is 0.344 e. The summed E-state index contributed by atoms with van der Waals surface area (Å²) in [6.45, 7) is 0.279. The largest absolute Gasteiger partial charge is 0.385 e. The van der Waals surface area contributed by atoms with E-state index in [1.807, 2.05) is 0 Å². The summed E-state index contributed by atoms with van der Waals surface area (Å²) in [5.74, 6) is -0.217. The number of amidine groups is 1. The van der Waals surface area contributed by atoms with Gasteiger partial charge in [-0.25, -0.2) is 9.86 Å². The van der Waals surface area contributed by atoms with Gasteiger partial charge in [-0.2, -0.15) is 8.42 Å². The van der Waals surface area contributed by atoms with E-state index < -0.39 is 22.1 Å². The summed E-state index contributed by atoms with van der Waals surface area (Å²) in [7, 11) is -4.12. The van der Waals surface area contributed by atoms with Crippen LogP contribution in [0.4, 0.5) is 4.79 Å². The molecule has 126 valence electrons. The number of urea groups is 1. The Labute approximate surface area is 146 Å². The third-order valence-electron chi connectivity index (χ3n) is 3.81. The second-order valence-corrected chi connectivity index (χ2v) is 9.06. The van der Waals surface area contributed by atoms with E-state index in [0.717, 1.165) is 11.3 Å². The Morgan fingerprint density at radius 2 is 2.13 bits per heavy atom. The van der Waals surface area contributed by atoms with Crippen molar-refractivity contribution in [3.63, 3.8) is 0 Å². The van der Waals surface area contributed by atoms with Crippen molar-refractivity contribution in [3.8, 4) is 0 Å². The number of carbonyl (C=O) groups is 1. The molecule has 0 radical (unpaired) electrons. The molecular formula is C11H12Cl2N4O4S2. The van der Waals surface area contributed by atoms with Crippen LogP contribution in [-0.2, 0) is 10.0 Å². The Hall–Kier alpha value is -1.07. The molecule has 2 amide bonds. The molecule has 1 aromatic heterocycles. The molecule has 2 aliphatic heterocycles. The number of piperidine rings is 1. The molecule has 2 unspecified atom stereocenters. The minimum Gasteiger partial charge on any atom is -0.385 e. The van der Waals surface area contributed by atoms with Gasteiger partial charge in [0, 0.05) is 6.54 Å². The van der Waals surface area contributed by atoms with E-state index in [9.17, 15) is 18.4 Å². The van der Waals surface area contributed by atoms with Crippen molar-refractivity contribution in [3.05, 3.63) is 14.7 Å². The van der Waals surface area contributed by atoms with Gasteiger partial charge in [0.15, 0.2) is 0 Å². The van der Waals surface area contributed by atoms with Crippen LogP contribution in [0, 0.1) is 0 Å². The summed E-state index contributed by atoms with van der Waals surface area (Å²) in [5, 5.41) is 10.3. The zero-order valence-corrected chi connectivity index (χ0v) is 14.7. The lowest BCUT2D eigenvalue weighted by Crippen LogP contribution is -2.48. The van der Waals surface area contributed by atoms with Crippen molar-refractivity contribution in [1.82, 2.24) is 9.96 Å². The summed E-state index contributed by atoms with van der Waals surface area (Å²) < 4.78 is 28.4. The second kappa shape index (κ2) is 5.78. The maximum absolute atomic E-state index is 12.3. The summed E-state index contributed by atoms with van der Waals surface area (Å²) >= 11 is 12.5. The van der Waals surface area contributed by atoms with Crippen LogP contribution in [0.15, 0.2) is 15.4 Å². The van der Waals surface area contributed by atoms with E-state index in [0.29, 0.717) is 17.9 Å². The molecule has 2 fully saturated rings. The Bertz CT molecular complexity index is 794. The summed E-state index contributed by atoms with van der Waals surface area (Å²) in [5.41, 5.74) is 5.83. The number of fused-ring (bicyclic) bond motifs is 2. The monoisotopic (exact) mass is 398 g/mol. The molecule has 0 aromatic carbocycles. The van der Waals surface area contributed by atoms with Crippen molar-refractivity contribution in [2.24, 2.45) is 10.1 Å². The van der Waals surface area contributed by atoms with Crippen molar-refractivity contribution in [2.75, 3.05) is 6.54 Å². The molecule has 0 spiro atoms. The average Bonchev–Trinajstić information content (AvgIpc) is 2.92. The van der Waals surface area contributed by atoms with Crippen LogP contribution in [0.5, 0.6) is 0 Å². The lowest BCUT2D eigenvalue weighted by molar-refractivity contribution is -0.0583. The normalized spacial score (nSPS) is 25.3. The highest BCUT2D eigenvalue weighted by atomic mass is 35.5. The molecule has 23 heavy (non-hydrogen) atoms. The van der Waals surface area contributed by atoms with Gasteiger partial charge in [-0.3, -0.25) is 5.21 Å². The Morgan fingerprint density at radius 3 is 2.74 bits per heavy atom. The average molecular weight is 399 g/mol. The number of hydroxylamine groups is 2. The first-order valence-corrected chi connectivity index (χ1v) is 9.56. The zero-order chi connectivity index (χ0) is 16.9. The van der Waals surface area contributed by atoms with Crippen LogP contribution >= 0.6 is 34.5 Å². The smallest absolute Gasteiger partial charge is 0.344 e. The van der Waals surface area contributed by atoms with Crippen molar-refractivity contribution >= 4 is 56.4 Å². The molecule has 12 heteroatoms. The lowest BCUT2D eigenvalue weighted by Gasteiger charge is -2.29. The number of rotatable bonds is 3. The van der Waals surface area contributed by atoms with Crippen LogP contribution in [-0.4, -0.2) is 54.1 Å². The Balaban J connectivity index is 1.90. The van der Waals surface area contributed by atoms with E-state index in [1.165, 1.54) is 11.0 Å². The van der Waals surface area contributed by atoms with Crippen molar-refractivity contribution in [2.45, 2.75) is 29.8 Å². The summed E-state index contributed by atoms with van der Waals surface area (Å²) in [6.07, 6.45) is 0.918. The number of nitrogens with two attached hydrogens (primary N) is 1. The van der Waals surface area contributed by atoms with Gasteiger partial charge < -0.3 is 10.6 Å². The summed E-state index contributed by atoms with van der Waals surface area (Å²) in [6, 6.07) is -0.384. The van der Waals surface area contributed by atoms with E-state index in [4.69, 9.17) is 28.9 Å². The highest BCUT2D eigenvalue weighted by Crippen LogP contribution is 2.35. The fraction of sp³-hybridized carbons (Fsp3) is 0.455. The first-order valence-electron chi connectivity index (χ1n) is 6.54. The maximum atomic E-state index is 12.3. The number of carbonyl (C=O) groups excluding carboxylic acids is 1. The van der Waals surface area contributed by atoms with Crippen LogP contribution in [0.1, 0.15) is 12.8 Å². The van der Waals surface area contributed by atoms with E-state index in [-0.39, 0.29) is 32.0 Å². The molecule has 3 rings (SSSR count). The Kier molecular flexibility index (Phi) is 4.21. The SMILES string of the molecule is N/C(=N\S(=O)(=O)c1cc(Cl)sc1Cl)C1CCC2CN1C(=O)N2O. The molecule has 2 saturated heterocycles. The zero-order valence-electron chi connectivity index (χ0n) is 11.5. The molecule has 2 bridgehead atoms. The van der Waals surface area contributed by atoms with Gasteiger partial charge in [0.1, 0.15) is 15.1 Å². The van der Waals surface area contributed by atoms with Gasteiger partial charge in [-0.1, -0.05) is 23.2 Å². The molecule has 0 saturated carbocycles. The molecule has 8 nitrogen and oxygen atoms in total. The van der Waals surface area contributed by atoms with E-state index >= 15 is 0 Å². The van der Waals surface area contributed by atoms with Crippen LogP contribution in [0.25, 0.3) is 0 Å². The van der Waals surface area contributed by atoms with Gasteiger partial charge in [0.05, 0.1) is 16.4 Å². The van der Waals surface area contributed by atoms with Gasteiger partial charge in [0.2, 0.25) is 0 Å². The third kappa shape index (κ3) is 2.89. The number of amides is 2. The van der Waals surface area contributed by atoms with Gasteiger partial charge in [-0.05, 0) is 18.9 Å². The lowest BCUT2D eigenvalue weighted by atomic mass is 10.0. The number of thiophene rings is 1. The minimum absolute atomic E-state index is 0.00552. The van der Waals surface area contributed by atoms with Gasteiger partial charge in [0.25, 0.3) is 10.0 Å². The first kappa shape index (κ1) is 16.8. The predicted octanol–water partition coefficient (Wildman–Crippen LogP) is 1.76.